The van der Waals surface area contributed by atoms with Gasteiger partial charge in [0.1, 0.15) is 12.6 Å². The molecule has 0 heterocycles. The van der Waals surface area contributed by atoms with E-state index in [0.29, 0.717) is 18.8 Å². The Morgan fingerprint density at radius 2 is 1.56 bits per heavy atom. The van der Waals surface area contributed by atoms with Gasteiger partial charge in [-0.3, -0.25) is 4.79 Å². The number of ether oxygens (including phenoxy) is 1. The summed E-state index contributed by atoms with van der Waals surface area (Å²) in [6.07, 6.45) is 0.456. The van der Waals surface area contributed by atoms with Crippen LogP contribution >= 0.6 is 0 Å². The van der Waals surface area contributed by atoms with Crippen LogP contribution in [-0.2, 0) is 14.3 Å². The van der Waals surface area contributed by atoms with Crippen LogP contribution in [0.1, 0.15) is 50.2 Å². The Morgan fingerprint density at radius 1 is 0.969 bits per heavy atom. The summed E-state index contributed by atoms with van der Waals surface area (Å²) in [6.45, 7) is 4.26. The van der Waals surface area contributed by atoms with Gasteiger partial charge < -0.3 is 20.5 Å². The van der Waals surface area contributed by atoms with Crippen molar-refractivity contribution in [1.29, 1.82) is 0 Å². The molecule has 1 aliphatic rings. The minimum atomic E-state index is -1.05. The van der Waals surface area contributed by atoms with Gasteiger partial charge in [-0.25, -0.2) is 9.59 Å². The fourth-order valence-corrected chi connectivity index (χ4v) is 3.95. The van der Waals surface area contributed by atoms with Crippen molar-refractivity contribution in [1.82, 2.24) is 10.6 Å². The molecule has 0 fully saturated rings. The molecule has 3 rings (SSSR count). The van der Waals surface area contributed by atoms with Crippen LogP contribution in [0.2, 0.25) is 0 Å². The molecule has 1 unspecified atom stereocenters. The van der Waals surface area contributed by atoms with E-state index in [9.17, 15) is 19.5 Å². The van der Waals surface area contributed by atoms with Gasteiger partial charge in [0, 0.05) is 18.9 Å². The molecule has 2 amide bonds. The quantitative estimate of drug-likeness (QED) is 0.521. The van der Waals surface area contributed by atoms with Gasteiger partial charge in [0.15, 0.2) is 0 Å². The van der Waals surface area contributed by atoms with E-state index in [2.05, 4.69) is 22.8 Å². The first-order valence-corrected chi connectivity index (χ1v) is 11.0. The van der Waals surface area contributed by atoms with E-state index in [0.717, 1.165) is 22.3 Å². The third-order valence-corrected chi connectivity index (χ3v) is 5.63. The van der Waals surface area contributed by atoms with E-state index >= 15 is 0 Å². The minimum Gasteiger partial charge on any atom is -0.480 e. The standard InChI is InChI=1S/C25H30N2O5/c1-16(2)11-12-22(24(29)30)27-23(28)13-14-26-25(31)32-15-21-19-9-5-3-7-17(19)18-8-4-6-10-20(18)21/h3-10,16,21-22H,11-15H2,1-2H3,(H,26,31)(H,27,28)(H,29,30). The van der Waals surface area contributed by atoms with Crippen LogP contribution in [0.3, 0.4) is 0 Å². The first kappa shape index (κ1) is 23.3. The summed E-state index contributed by atoms with van der Waals surface area (Å²) in [5, 5.41) is 14.3. The van der Waals surface area contributed by atoms with Gasteiger partial charge in [0.25, 0.3) is 0 Å². The molecule has 2 aromatic rings. The molecular formula is C25H30N2O5. The highest BCUT2D eigenvalue weighted by Crippen LogP contribution is 2.44. The molecule has 7 nitrogen and oxygen atoms in total. The number of hydrogen-bond acceptors (Lipinski definition) is 4. The average Bonchev–Trinajstić information content (AvgIpc) is 3.08. The van der Waals surface area contributed by atoms with Gasteiger partial charge in [-0.2, -0.15) is 0 Å². The van der Waals surface area contributed by atoms with Crippen molar-refractivity contribution < 1.29 is 24.2 Å². The maximum Gasteiger partial charge on any atom is 0.407 e. The largest absolute Gasteiger partial charge is 0.480 e. The predicted molar refractivity (Wildman–Crippen MR) is 121 cm³/mol. The molecule has 0 radical (unpaired) electrons. The van der Waals surface area contributed by atoms with E-state index in [-0.39, 0.29) is 25.5 Å². The van der Waals surface area contributed by atoms with Crippen LogP contribution in [0, 0.1) is 5.92 Å². The number of nitrogens with one attached hydrogen (secondary N) is 2. The Balaban J connectivity index is 1.45. The van der Waals surface area contributed by atoms with E-state index in [1.54, 1.807) is 0 Å². The Labute approximate surface area is 188 Å². The average molecular weight is 439 g/mol. The topological polar surface area (TPSA) is 105 Å². The zero-order valence-corrected chi connectivity index (χ0v) is 18.5. The van der Waals surface area contributed by atoms with Crippen LogP contribution in [0.15, 0.2) is 48.5 Å². The predicted octanol–water partition coefficient (Wildman–Crippen LogP) is 3.92. The van der Waals surface area contributed by atoms with Crippen molar-refractivity contribution in [2.45, 2.75) is 45.1 Å². The number of carboxylic acids is 1. The molecule has 1 atom stereocenters. The monoisotopic (exact) mass is 438 g/mol. The summed E-state index contributed by atoms with van der Waals surface area (Å²) in [5.41, 5.74) is 4.56. The molecule has 32 heavy (non-hydrogen) atoms. The Bertz CT molecular complexity index is 927. The van der Waals surface area contributed by atoms with Gasteiger partial charge in [0.05, 0.1) is 0 Å². The molecule has 7 heteroatoms. The smallest absolute Gasteiger partial charge is 0.407 e. The van der Waals surface area contributed by atoms with Crippen LogP contribution in [-0.4, -0.2) is 42.3 Å². The first-order valence-electron chi connectivity index (χ1n) is 11.0. The van der Waals surface area contributed by atoms with Crippen LogP contribution in [0.4, 0.5) is 4.79 Å². The lowest BCUT2D eigenvalue weighted by Crippen LogP contribution is -2.42. The maximum absolute atomic E-state index is 12.2. The number of carboxylic acid groups (broad SMARTS) is 1. The number of rotatable bonds is 10. The highest BCUT2D eigenvalue weighted by Gasteiger charge is 2.29. The third kappa shape index (κ3) is 5.87. The van der Waals surface area contributed by atoms with Crippen molar-refractivity contribution in [2.24, 2.45) is 5.92 Å². The van der Waals surface area contributed by atoms with E-state index in [4.69, 9.17) is 4.74 Å². The van der Waals surface area contributed by atoms with Gasteiger partial charge in [-0.05, 0) is 41.0 Å². The maximum atomic E-state index is 12.2. The van der Waals surface area contributed by atoms with Crippen molar-refractivity contribution in [2.75, 3.05) is 13.2 Å². The number of alkyl carbamates (subject to hydrolysis) is 1. The summed E-state index contributed by atoms with van der Waals surface area (Å²) < 4.78 is 5.43. The highest BCUT2D eigenvalue weighted by atomic mass is 16.5. The fraction of sp³-hybridized carbons (Fsp3) is 0.400. The Kier molecular flexibility index (Phi) is 7.87. The minimum absolute atomic E-state index is 0.0182. The lowest BCUT2D eigenvalue weighted by atomic mass is 9.98. The summed E-state index contributed by atoms with van der Waals surface area (Å²) in [7, 11) is 0. The number of carbonyl (C=O) groups is 3. The molecule has 1 aliphatic carbocycles. The van der Waals surface area contributed by atoms with Crippen molar-refractivity contribution in [3.8, 4) is 11.1 Å². The molecule has 0 bridgehead atoms. The number of benzene rings is 2. The molecule has 3 N–H and O–H groups in total. The normalized spacial score (nSPS) is 13.2. The third-order valence-electron chi connectivity index (χ3n) is 5.63. The number of hydrogen-bond donors (Lipinski definition) is 3. The number of amides is 2. The number of carbonyl (C=O) groups excluding carboxylic acids is 2. The van der Waals surface area contributed by atoms with Crippen molar-refractivity contribution in [3.05, 3.63) is 59.7 Å². The van der Waals surface area contributed by atoms with E-state index in [1.165, 1.54) is 0 Å². The summed E-state index contributed by atoms with van der Waals surface area (Å²) in [5.74, 6) is -1.15. The SMILES string of the molecule is CC(C)CCC(NC(=O)CCNC(=O)OCC1c2ccccc2-c2ccccc21)C(=O)O. The summed E-state index contributed by atoms with van der Waals surface area (Å²) >= 11 is 0. The first-order chi connectivity index (χ1) is 15.4. The van der Waals surface area contributed by atoms with Gasteiger partial charge in [-0.1, -0.05) is 62.4 Å². The fourth-order valence-electron chi connectivity index (χ4n) is 3.95. The van der Waals surface area contributed by atoms with E-state index in [1.807, 2.05) is 50.2 Å². The van der Waals surface area contributed by atoms with Crippen LogP contribution in [0.25, 0.3) is 11.1 Å². The summed E-state index contributed by atoms with van der Waals surface area (Å²) in [6, 6.07) is 15.2. The number of aliphatic carboxylic acids is 1. The van der Waals surface area contributed by atoms with Crippen LogP contribution < -0.4 is 10.6 Å². The molecule has 0 aromatic heterocycles. The number of fused-ring (bicyclic) bond motifs is 3. The van der Waals surface area contributed by atoms with Crippen LogP contribution in [0.5, 0.6) is 0 Å². The second-order valence-electron chi connectivity index (χ2n) is 8.43. The Morgan fingerprint density at radius 3 is 2.12 bits per heavy atom. The molecule has 0 saturated heterocycles. The molecule has 2 aromatic carbocycles. The second-order valence-corrected chi connectivity index (χ2v) is 8.43. The highest BCUT2D eigenvalue weighted by molar-refractivity contribution is 5.84. The lowest BCUT2D eigenvalue weighted by molar-refractivity contribution is -0.142. The van der Waals surface area contributed by atoms with Gasteiger partial charge >= 0.3 is 12.1 Å². The zero-order valence-electron chi connectivity index (χ0n) is 18.5. The molecule has 0 spiro atoms. The zero-order chi connectivity index (χ0) is 23.1. The second kappa shape index (κ2) is 10.8. The lowest BCUT2D eigenvalue weighted by Gasteiger charge is -2.16. The van der Waals surface area contributed by atoms with Crippen molar-refractivity contribution in [3.63, 3.8) is 0 Å². The molecule has 0 saturated carbocycles. The van der Waals surface area contributed by atoms with Crippen molar-refractivity contribution >= 4 is 18.0 Å². The van der Waals surface area contributed by atoms with Gasteiger partial charge in [-0.15, -0.1) is 0 Å². The molecular weight excluding hydrogens is 408 g/mol. The molecule has 0 aliphatic heterocycles. The van der Waals surface area contributed by atoms with E-state index < -0.39 is 24.0 Å². The van der Waals surface area contributed by atoms with Gasteiger partial charge in [0.2, 0.25) is 5.91 Å². The molecule has 170 valence electrons. The summed E-state index contributed by atoms with van der Waals surface area (Å²) in [4.78, 5) is 35.5. The Hall–Kier alpha value is -3.35.